The van der Waals surface area contributed by atoms with E-state index in [1.165, 1.54) is 6.34 Å². The number of hydrogen-bond donors (Lipinski definition) is 3. The number of nitrogens with two attached hydrogens (primary N) is 1. The molecule has 3 aliphatic heterocycles. The highest BCUT2D eigenvalue weighted by atomic mass is 16.5. The summed E-state index contributed by atoms with van der Waals surface area (Å²) >= 11 is 0. The summed E-state index contributed by atoms with van der Waals surface area (Å²) < 4.78 is 5.49. The fourth-order valence-corrected chi connectivity index (χ4v) is 2.37. The Labute approximate surface area is 108 Å². The molecule has 0 aromatic rings. The number of carbonyl (C=O) groups excluding carboxylic acids is 1. The average molecular weight is 267 g/mol. The van der Waals surface area contributed by atoms with E-state index in [1.807, 2.05) is 0 Å². The number of carbonyl (C=O) groups is 1. The van der Waals surface area contributed by atoms with E-state index in [9.17, 15) is 9.90 Å². The first kappa shape index (κ1) is 12.2. The highest BCUT2D eigenvalue weighted by Crippen LogP contribution is 2.31. The first-order chi connectivity index (χ1) is 9.11. The van der Waals surface area contributed by atoms with E-state index < -0.39 is 30.4 Å². The van der Waals surface area contributed by atoms with E-state index >= 15 is 0 Å². The minimum atomic E-state index is -0.783. The van der Waals surface area contributed by atoms with Gasteiger partial charge in [-0.3, -0.25) is 4.79 Å². The van der Waals surface area contributed by atoms with Crippen molar-refractivity contribution < 1.29 is 19.7 Å². The number of fused-ring (bicyclic) bond motifs is 1. The van der Waals surface area contributed by atoms with Gasteiger partial charge in [-0.1, -0.05) is 0 Å². The summed E-state index contributed by atoms with van der Waals surface area (Å²) in [5, 5.41) is 25.7. The van der Waals surface area contributed by atoms with Crippen LogP contribution in [0.15, 0.2) is 26.7 Å². The molecule has 3 rings (SSSR count). The Morgan fingerprint density at radius 3 is 3.00 bits per heavy atom. The van der Waals surface area contributed by atoms with E-state index in [1.54, 1.807) is 4.90 Å². The number of amides is 1. The molecular weight excluding hydrogens is 254 g/mol. The number of rotatable bonds is 2. The number of aliphatic hydroxyl groups is 2. The van der Waals surface area contributed by atoms with Crippen LogP contribution in [-0.4, -0.2) is 58.4 Å². The molecule has 0 spiro atoms. The van der Waals surface area contributed by atoms with Crippen LogP contribution in [0.2, 0.25) is 0 Å². The lowest BCUT2D eigenvalue weighted by molar-refractivity contribution is -0.125. The third-order valence-electron chi connectivity index (χ3n) is 3.36. The lowest BCUT2D eigenvalue weighted by Gasteiger charge is -2.28. The molecule has 1 saturated heterocycles. The predicted octanol–water partition coefficient (Wildman–Crippen LogP) is -1.71. The average Bonchev–Trinajstić information content (AvgIpc) is 2.97. The predicted molar refractivity (Wildman–Crippen MR) is 61.6 cm³/mol. The molecule has 3 heterocycles. The van der Waals surface area contributed by atoms with Crippen molar-refractivity contribution in [1.82, 2.24) is 4.90 Å². The quantitative estimate of drug-likeness (QED) is 0.545. The minimum Gasteiger partial charge on any atom is -0.394 e. The molecule has 4 N–H and O–H groups in total. The number of aliphatic hydroxyl groups excluding tert-OH is 2. The molecule has 19 heavy (non-hydrogen) atoms. The van der Waals surface area contributed by atoms with Crippen LogP contribution in [0.5, 0.6) is 0 Å². The maximum absolute atomic E-state index is 11.8. The van der Waals surface area contributed by atoms with E-state index in [0.717, 1.165) is 0 Å². The van der Waals surface area contributed by atoms with Crippen molar-refractivity contribution in [3.63, 3.8) is 0 Å². The van der Waals surface area contributed by atoms with Crippen molar-refractivity contribution in [1.29, 1.82) is 0 Å². The van der Waals surface area contributed by atoms with Crippen molar-refractivity contribution in [2.45, 2.75) is 30.9 Å². The van der Waals surface area contributed by atoms with Crippen molar-refractivity contribution in [3.8, 4) is 0 Å². The van der Waals surface area contributed by atoms with Gasteiger partial charge in [-0.25, -0.2) is 4.99 Å². The van der Waals surface area contributed by atoms with Crippen LogP contribution in [0.1, 0.15) is 6.42 Å². The molecule has 0 aliphatic carbocycles. The second kappa shape index (κ2) is 4.37. The summed E-state index contributed by atoms with van der Waals surface area (Å²) in [5.41, 5.74) is 5.96. The number of hydrogen-bond acceptors (Lipinski definition) is 8. The van der Waals surface area contributed by atoms with Gasteiger partial charge in [0, 0.05) is 6.42 Å². The van der Waals surface area contributed by atoms with Crippen LogP contribution < -0.4 is 5.73 Å². The lowest BCUT2D eigenvalue weighted by Crippen LogP contribution is -2.45. The van der Waals surface area contributed by atoms with Crippen LogP contribution in [0.3, 0.4) is 0 Å². The van der Waals surface area contributed by atoms with E-state index in [4.69, 9.17) is 15.6 Å². The van der Waals surface area contributed by atoms with Crippen LogP contribution >= 0.6 is 0 Å². The molecule has 1 amide bonds. The fourth-order valence-electron chi connectivity index (χ4n) is 2.37. The second-order valence-electron chi connectivity index (χ2n) is 4.52. The standard InChI is InChI=1S/C10H13N5O4/c11-9-7-8(10(18)14-13-9)15(3-12-7)6-1-4(17)5(2-16)19-6/h3-6,8,16-17H,1-2,11H2/t4-,5+,6+,8?/m0/s1. The monoisotopic (exact) mass is 267 g/mol. The summed E-state index contributed by atoms with van der Waals surface area (Å²) in [6.07, 6.45) is -0.300. The number of aliphatic imine (C=N–C) groups is 1. The van der Waals surface area contributed by atoms with Gasteiger partial charge in [-0.05, 0) is 0 Å². The van der Waals surface area contributed by atoms with Gasteiger partial charge in [0.1, 0.15) is 18.0 Å². The smallest absolute Gasteiger partial charge is 0.293 e. The van der Waals surface area contributed by atoms with Gasteiger partial charge in [0.2, 0.25) is 0 Å². The van der Waals surface area contributed by atoms with Crippen LogP contribution in [-0.2, 0) is 9.53 Å². The Morgan fingerprint density at radius 1 is 1.53 bits per heavy atom. The molecular formula is C10H13N5O4. The number of nitrogens with zero attached hydrogens (tertiary/aromatic N) is 4. The van der Waals surface area contributed by atoms with E-state index in [2.05, 4.69) is 15.2 Å². The molecule has 0 saturated carbocycles. The fraction of sp³-hybridized carbons (Fsp3) is 0.600. The number of ether oxygens (including phenoxy) is 1. The van der Waals surface area contributed by atoms with E-state index in [0.29, 0.717) is 5.70 Å². The van der Waals surface area contributed by atoms with Crippen molar-refractivity contribution >= 4 is 12.2 Å². The molecule has 102 valence electrons. The SMILES string of the molecule is NC1=C2N=CN([C@H]3C[C@H](O)[C@@H](CO)O3)C2C(=O)N=N1. The highest BCUT2D eigenvalue weighted by molar-refractivity contribution is 5.91. The molecule has 1 unspecified atom stereocenters. The summed E-state index contributed by atoms with van der Waals surface area (Å²) in [6.45, 7) is -0.286. The summed E-state index contributed by atoms with van der Waals surface area (Å²) in [4.78, 5) is 17.4. The minimum absolute atomic E-state index is 0.0978. The van der Waals surface area contributed by atoms with Gasteiger partial charge in [-0.15, -0.1) is 10.2 Å². The molecule has 0 aromatic heterocycles. The second-order valence-corrected chi connectivity index (χ2v) is 4.52. The summed E-state index contributed by atoms with van der Waals surface area (Å²) in [5.74, 6) is -0.382. The Bertz CT molecular complexity index is 502. The first-order valence-corrected chi connectivity index (χ1v) is 5.83. The summed E-state index contributed by atoms with van der Waals surface area (Å²) in [7, 11) is 0. The van der Waals surface area contributed by atoms with Crippen molar-refractivity contribution in [2.24, 2.45) is 21.0 Å². The molecule has 0 bridgehead atoms. The lowest BCUT2D eigenvalue weighted by atomic mass is 10.1. The molecule has 4 atom stereocenters. The molecule has 1 fully saturated rings. The van der Waals surface area contributed by atoms with E-state index in [-0.39, 0.29) is 18.8 Å². The zero-order valence-corrected chi connectivity index (χ0v) is 9.88. The van der Waals surface area contributed by atoms with Gasteiger partial charge in [0.25, 0.3) is 5.91 Å². The van der Waals surface area contributed by atoms with Crippen LogP contribution in [0.4, 0.5) is 0 Å². The third-order valence-corrected chi connectivity index (χ3v) is 3.36. The maximum Gasteiger partial charge on any atom is 0.293 e. The summed E-state index contributed by atoms with van der Waals surface area (Å²) in [6, 6.07) is -0.757. The Kier molecular flexibility index (Phi) is 2.81. The maximum atomic E-state index is 11.8. The Morgan fingerprint density at radius 2 is 2.32 bits per heavy atom. The van der Waals surface area contributed by atoms with Gasteiger partial charge in [0.05, 0.1) is 19.0 Å². The zero-order chi connectivity index (χ0) is 13.6. The molecule has 3 aliphatic rings. The number of azo groups is 1. The van der Waals surface area contributed by atoms with Gasteiger partial charge in [-0.2, -0.15) is 0 Å². The van der Waals surface area contributed by atoms with Crippen LogP contribution in [0.25, 0.3) is 0 Å². The van der Waals surface area contributed by atoms with Gasteiger partial charge in [0.15, 0.2) is 11.9 Å². The topological polar surface area (TPSA) is 133 Å². The third kappa shape index (κ3) is 1.82. The van der Waals surface area contributed by atoms with Gasteiger partial charge < -0.3 is 25.6 Å². The molecule has 0 aromatic carbocycles. The normalized spacial score (nSPS) is 37.4. The Hall–Kier alpha value is -1.84. The van der Waals surface area contributed by atoms with Crippen molar-refractivity contribution in [2.75, 3.05) is 6.61 Å². The van der Waals surface area contributed by atoms with Gasteiger partial charge >= 0.3 is 0 Å². The van der Waals surface area contributed by atoms with Crippen molar-refractivity contribution in [3.05, 3.63) is 11.5 Å². The molecule has 9 heteroatoms. The first-order valence-electron chi connectivity index (χ1n) is 5.83. The Balaban J connectivity index is 1.83. The zero-order valence-electron chi connectivity index (χ0n) is 9.88. The largest absolute Gasteiger partial charge is 0.394 e. The molecule has 9 nitrogen and oxygen atoms in total. The molecule has 0 radical (unpaired) electrons. The van der Waals surface area contributed by atoms with Crippen LogP contribution in [0, 0.1) is 0 Å². The highest BCUT2D eigenvalue weighted by Gasteiger charge is 2.45.